The Morgan fingerprint density at radius 3 is 2.87 bits per heavy atom. The van der Waals surface area contributed by atoms with Crippen molar-refractivity contribution in [1.82, 2.24) is 9.97 Å². The second kappa shape index (κ2) is 6.62. The van der Waals surface area contributed by atoms with Crippen molar-refractivity contribution in [2.24, 2.45) is 0 Å². The monoisotopic (exact) mass is 331 g/mol. The molecule has 1 unspecified atom stereocenters. The van der Waals surface area contributed by atoms with Gasteiger partial charge in [0.05, 0.1) is 0 Å². The number of nitrogens with zero attached hydrogens (tertiary/aromatic N) is 3. The van der Waals surface area contributed by atoms with E-state index in [1.165, 1.54) is 19.3 Å². The van der Waals surface area contributed by atoms with Crippen molar-refractivity contribution in [3.63, 3.8) is 0 Å². The summed E-state index contributed by atoms with van der Waals surface area (Å²) in [6.45, 7) is 5.17. The van der Waals surface area contributed by atoms with Crippen molar-refractivity contribution in [2.45, 2.75) is 39.2 Å². The summed E-state index contributed by atoms with van der Waals surface area (Å²) < 4.78 is 0. The Hall–Kier alpha value is -2.01. The zero-order chi connectivity index (χ0) is 16.4. The van der Waals surface area contributed by atoms with Crippen LogP contribution in [0.2, 0.25) is 5.02 Å². The number of nitrogen functional groups attached to an aromatic ring is 1. The zero-order valence-electron chi connectivity index (χ0n) is 13.5. The Morgan fingerprint density at radius 2 is 2.13 bits per heavy atom. The number of halogens is 1. The molecule has 2 heterocycles. The number of piperidine rings is 1. The lowest BCUT2D eigenvalue weighted by molar-refractivity contribution is 0.481. The summed E-state index contributed by atoms with van der Waals surface area (Å²) in [4.78, 5) is 11.0. The lowest BCUT2D eigenvalue weighted by atomic mass is 10.0. The van der Waals surface area contributed by atoms with E-state index in [2.05, 4.69) is 27.1 Å². The fraction of sp³-hybridized carbons (Fsp3) is 0.412. The average Bonchev–Trinajstić information content (AvgIpc) is 2.54. The minimum absolute atomic E-state index is 0.447. The number of aryl methyl sites for hydroxylation is 1. The van der Waals surface area contributed by atoms with Crippen LogP contribution in [0.4, 0.5) is 23.0 Å². The van der Waals surface area contributed by atoms with Crippen molar-refractivity contribution in [2.75, 3.05) is 22.5 Å². The van der Waals surface area contributed by atoms with Gasteiger partial charge in [-0.1, -0.05) is 17.7 Å². The molecule has 1 saturated heterocycles. The molecule has 2 aromatic rings. The first-order valence-electron chi connectivity index (χ1n) is 7.96. The molecule has 23 heavy (non-hydrogen) atoms. The zero-order valence-corrected chi connectivity index (χ0v) is 14.3. The molecule has 122 valence electrons. The number of benzene rings is 1. The molecule has 6 heteroatoms. The Morgan fingerprint density at radius 1 is 1.30 bits per heavy atom. The maximum Gasteiger partial charge on any atom is 0.159 e. The van der Waals surface area contributed by atoms with Crippen LogP contribution >= 0.6 is 11.6 Å². The van der Waals surface area contributed by atoms with Gasteiger partial charge >= 0.3 is 0 Å². The van der Waals surface area contributed by atoms with E-state index in [0.29, 0.717) is 22.6 Å². The molecule has 1 fully saturated rings. The third kappa shape index (κ3) is 3.34. The van der Waals surface area contributed by atoms with E-state index in [1.54, 1.807) is 6.33 Å². The van der Waals surface area contributed by atoms with Crippen molar-refractivity contribution >= 4 is 34.6 Å². The van der Waals surface area contributed by atoms with E-state index >= 15 is 0 Å². The van der Waals surface area contributed by atoms with Crippen LogP contribution in [-0.4, -0.2) is 22.6 Å². The van der Waals surface area contributed by atoms with Gasteiger partial charge in [0.1, 0.15) is 12.0 Å². The van der Waals surface area contributed by atoms with Gasteiger partial charge in [-0.15, -0.1) is 0 Å². The summed E-state index contributed by atoms with van der Waals surface area (Å²) in [5.74, 6) is 1.43. The number of rotatable bonds is 3. The van der Waals surface area contributed by atoms with Crippen LogP contribution in [0, 0.1) is 6.92 Å². The summed E-state index contributed by atoms with van der Waals surface area (Å²) in [6, 6.07) is 6.26. The average molecular weight is 332 g/mol. The van der Waals surface area contributed by atoms with Gasteiger partial charge in [-0.2, -0.15) is 0 Å². The van der Waals surface area contributed by atoms with Gasteiger partial charge in [-0.3, -0.25) is 0 Å². The van der Waals surface area contributed by atoms with Crippen LogP contribution in [0.5, 0.6) is 0 Å². The minimum Gasteiger partial charge on any atom is -0.393 e. The fourth-order valence-electron chi connectivity index (χ4n) is 2.93. The summed E-state index contributed by atoms with van der Waals surface area (Å²) in [5, 5.41) is 3.96. The highest BCUT2D eigenvalue weighted by atomic mass is 35.5. The van der Waals surface area contributed by atoms with Gasteiger partial charge in [0.15, 0.2) is 11.6 Å². The highest BCUT2D eigenvalue weighted by Crippen LogP contribution is 2.32. The fourth-order valence-corrected chi connectivity index (χ4v) is 3.12. The molecule has 0 aliphatic carbocycles. The Kier molecular flexibility index (Phi) is 4.57. The molecule has 3 N–H and O–H groups in total. The first kappa shape index (κ1) is 15.9. The van der Waals surface area contributed by atoms with Crippen LogP contribution in [0.1, 0.15) is 31.7 Å². The molecule has 1 atom stereocenters. The number of nitrogens with one attached hydrogen (secondary N) is 1. The summed E-state index contributed by atoms with van der Waals surface area (Å²) >= 11 is 6.18. The molecule has 0 saturated carbocycles. The molecule has 3 rings (SSSR count). The lowest BCUT2D eigenvalue weighted by Gasteiger charge is -2.35. The van der Waals surface area contributed by atoms with E-state index in [9.17, 15) is 0 Å². The molecular weight excluding hydrogens is 310 g/mol. The van der Waals surface area contributed by atoms with Gasteiger partial charge in [-0.25, -0.2) is 9.97 Å². The predicted molar refractivity (Wildman–Crippen MR) is 96.6 cm³/mol. The highest BCUT2D eigenvalue weighted by molar-refractivity contribution is 6.31. The maximum absolute atomic E-state index is 6.33. The molecule has 0 amide bonds. The molecule has 0 bridgehead atoms. The van der Waals surface area contributed by atoms with Crippen molar-refractivity contribution in [3.05, 3.63) is 35.1 Å². The summed E-state index contributed by atoms with van der Waals surface area (Å²) in [5.41, 5.74) is 8.81. The smallest absolute Gasteiger partial charge is 0.159 e. The molecule has 1 aliphatic rings. The van der Waals surface area contributed by atoms with Gasteiger partial charge < -0.3 is 16.0 Å². The van der Waals surface area contributed by atoms with E-state index < -0.39 is 0 Å². The molecule has 1 aromatic heterocycles. The largest absolute Gasteiger partial charge is 0.393 e. The van der Waals surface area contributed by atoms with Crippen LogP contribution in [-0.2, 0) is 0 Å². The standard InChI is InChI=1S/C17H22ClN5/c1-11-6-7-13(9-14(11)18)22-16-15(19)17(21-10-20-16)23-8-4-3-5-12(23)2/h6-7,9-10,12H,3-5,8,19H2,1-2H3,(H,20,21,22). The van der Waals surface area contributed by atoms with Crippen LogP contribution in [0.15, 0.2) is 24.5 Å². The summed E-state index contributed by atoms with van der Waals surface area (Å²) in [7, 11) is 0. The predicted octanol–water partition coefficient (Wildman–Crippen LogP) is 4.14. The lowest BCUT2D eigenvalue weighted by Crippen LogP contribution is -2.38. The second-order valence-corrected chi connectivity index (χ2v) is 6.49. The Bertz CT molecular complexity index is 703. The number of nitrogens with two attached hydrogens (primary N) is 1. The normalized spacial score (nSPS) is 18.0. The van der Waals surface area contributed by atoms with Crippen LogP contribution in [0.3, 0.4) is 0 Å². The molecule has 1 aliphatic heterocycles. The third-order valence-corrected chi connectivity index (χ3v) is 4.78. The van der Waals surface area contributed by atoms with Crippen LogP contribution in [0.25, 0.3) is 0 Å². The molecule has 0 radical (unpaired) electrons. The van der Waals surface area contributed by atoms with E-state index in [1.807, 2.05) is 25.1 Å². The Balaban J connectivity index is 1.88. The van der Waals surface area contributed by atoms with Crippen molar-refractivity contribution in [1.29, 1.82) is 0 Å². The first-order chi connectivity index (χ1) is 11.1. The van der Waals surface area contributed by atoms with Gasteiger partial charge in [0.25, 0.3) is 0 Å². The quantitative estimate of drug-likeness (QED) is 0.884. The summed E-state index contributed by atoms with van der Waals surface area (Å²) in [6.07, 6.45) is 5.16. The maximum atomic E-state index is 6.33. The number of hydrogen-bond acceptors (Lipinski definition) is 5. The molecule has 5 nitrogen and oxygen atoms in total. The molecule has 0 spiro atoms. The van der Waals surface area contributed by atoms with Gasteiger partial charge in [0.2, 0.25) is 0 Å². The van der Waals surface area contributed by atoms with Gasteiger partial charge in [-0.05, 0) is 50.8 Å². The van der Waals surface area contributed by atoms with Crippen LogP contribution < -0.4 is 16.0 Å². The molecule has 1 aromatic carbocycles. The number of aromatic nitrogens is 2. The number of hydrogen-bond donors (Lipinski definition) is 2. The first-order valence-corrected chi connectivity index (χ1v) is 8.34. The van der Waals surface area contributed by atoms with Crippen molar-refractivity contribution < 1.29 is 0 Å². The minimum atomic E-state index is 0.447. The van der Waals surface area contributed by atoms with Gasteiger partial charge in [0, 0.05) is 23.3 Å². The topological polar surface area (TPSA) is 67.1 Å². The van der Waals surface area contributed by atoms with E-state index in [0.717, 1.165) is 23.6 Å². The molecular formula is C17H22ClN5. The van der Waals surface area contributed by atoms with Crippen molar-refractivity contribution in [3.8, 4) is 0 Å². The highest BCUT2D eigenvalue weighted by Gasteiger charge is 2.23. The second-order valence-electron chi connectivity index (χ2n) is 6.09. The Labute approximate surface area is 141 Å². The van der Waals surface area contributed by atoms with E-state index in [4.69, 9.17) is 17.3 Å². The van der Waals surface area contributed by atoms with E-state index in [-0.39, 0.29) is 0 Å². The number of anilines is 4. The third-order valence-electron chi connectivity index (χ3n) is 4.37. The SMILES string of the molecule is Cc1ccc(Nc2ncnc(N3CCCCC3C)c2N)cc1Cl.